The molecule has 9 heteroatoms. The molecule has 0 unspecified atom stereocenters. The minimum absolute atomic E-state index is 0.0898. The lowest BCUT2D eigenvalue weighted by Crippen LogP contribution is -2.29. The number of H-pyrrole nitrogens is 1. The molecule has 2 aromatic heterocycles. The van der Waals surface area contributed by atoms with Gasteiger partial charge in [-0.15, -0.1) is 11.3 Å². The smallest absolute Gasteiger partial charge is 0.275 e. The molecular weight excluding hydrogens is 455 g/mol. The monoisotopic (exact) mass is 482 g/mol. The molecule has 3 aromatic rings. The molecule has 1 aliphatic heterocycles. The summed E-state index contributed by atoms with van der Waals surface area (Å²) in [6, 6.07) is 10.2. The Kier molecular flexibility index (Phi) is 7.52. The number of hydrogen-bond acceptors (Lipinski definition) is 6. The molecule has 1 amide bonds. The van der Waals surface area contributed by atoms with Crippen molar-refractivity contribution in [2.24, 2.45) is 10.3 Å². The number of hydrogen-bond donors (Lipinski definition) is 1. The van der Waals surface area contributed by atoms with Crippen LogP contribution in [0, 0.1) is 5.82 Å². The van der Waals surface area contributed by atoms with E-state index >= 15 is 4.39 Å². The fourth-order valence-corrected chi connectivity index (χ4v) is 4.74. The highest BCUT2D eigenvalue weighted by Crippen LogP contribution is 2.37. The Bertz CT molecular complexity index is 1270. The van der Waals surface area contributed by atoms with Crippen LogP contribution in [-0.2, 0) is 11.2 Å². The van der Waals surface area contributed by atoms with E-state index in [-0.39, 0.29) is 17.8 Å². The summed E-state index contributed by atoms with van der Waals surface area (Å²) in [5.74, 6) is -0.443. The Balaban J connectivity index is 1.70. The Morgan fingerprint density at radius 2 is 1.94 bits per heavy atom. The van der Waals surface area contributed by atoms with Crippen molar-refractivity contribution in [2.45, 2.75) is 46.0 Å². The topological polar surface area (TPSA) is 87.1 Å². The van der Waals surface area contributed by atoms with Crippen LogP contribution in [0.3, 0.4) is 0 Å². The number of ether oxygens (including phenoxy) is 1. The maximum Gasteiger partial charge on any atom is 0.275 e. The molecule has 0 atom stereocenters. The maximum absolute atomic E-state index is 15.1. The zero-order valence-electron chi connectivity index (χ0n) is 19.3. The highest BCUT2D eigenvalue weighted by Gasteiger charge is 2.28. The van der Waals surface area contributed by atoms with E-state index in [1.165, 1.54) is 17.4 Å². The molecule has 178 valence electrons. The van der Waals surface area contributed by atoms with E-state index in [9.17, 15) is 9.59 Å². The first-order chi connectivity index (χ1) is 16.5. The summed E-state index contributed by atoms with van der Waals surface area (Å²) in [5, 5.41) is 8.61. The number of pyridine rings is 1. The van der Waals surface area contributed by atoms with Gasteiger partial charge in [0.15, 0.2) is 0 Å². The number of halogens is 1. The van der Waals surface area contributed by atoms with Crippen LogP contribution < -0.4 is 15.3 Å². The minimum atomic E-state index is -0.538. The lowest BCUT2D eigenvalue weighted by molar-refractivity contribution is -0.116. The first kappa shape index (κ1) is 23.8. The molecule has 0 radical (unpaired) electrons. The molecular formula is C25H27FN4O3S. The van der Waals surface area contributed by atoms with E-state index in [0.717, 1.165) is 46.9 Å². The summed E-state index contributed by atoms with van der Waals surface area (Å²) in [5.41, 5.74) is 0.611. The van der Waals surface area contributed by atoms with Gasteiger partial charge in [-0.3, -0.25) is 9.59 Å². The van der Waals surface area contributed by atoms with E-state index in [2.05, 4.69) is 22.2 Å². The van der Waals surface area contributed by atoms with Crippen LogP contribution in [0.5, 0.6) is 5.75 Å². The van der Waals surface area contributed by atoms with E-state index in [4.69, 9.17) is 4.74 Å². The van der Waals surface area contributed by atoms with Crippen molar-refractivity contribution in [3.8, 4) is 27.4 Å². The van der Waals surface area contributed by atoms with Gasteiger partial charge in [-0.1, -0.05) is 38.3 Å². The molecule has 0 aliphatic carbocycles. The molecule has 34 heavy (non-hydrogen) atoms. The number of rotatable bonds is 10. The van der Waals surface area contributed by atoms with Crippen LogP contribution in [-0.4, -0.2) is 24.0 Å². The molecule has 1 aromatic carbocycles. The number of nitrogens with zero attached hydrogens (tertiary/aromatic N) is 3. The Morgan fingerprint density at radius 1 is 1.09 bits per heavy atom. The van der Waals surface area contributed by atoms with Gasteiger partial charge in [-0.25, -0.2) is 4.39 Å². The summed E-state index contributed by atoms with van der Waals surface area (Å²) >= 11 is 1.52. The van der Waals surface area contributed by atoms with Crippen molar-refractivity contribution in [3.63, 3.8) is 0 Å². The zero-order chi connectivity index (χ0) is 24.1. The predicted molar refractivity (Wildman–Crippen MR) is 132 cm³/mol. The number of aromatic nitrogens is 1. The van der Waals surface area contributed by atoms with E-state index in [1.54, 1.807) is 18.2 Å². The van der Waals surface area contributed by atoms with E-state index in [0.29, 0.717) is 23.6 Å². The molecule has 0 saturated heterocycles. The number of carbonyl (C=O) groups excluding carboxylic acids is 1. The molecule has 7 nitrogen and oxygen atoms in total. The Hall–Kier alpha value is -3.33. The molecule has 0 fully saturated rings. The minimum Gasteiger partial charge on any atom is -0.493 e. The van der Waals surface area contributed by atoms with Crippen LogP contribution in [0.4, 0.5) is 10.1 Å². The summed E-state index contributed by atoms with van der Waals surface area (Å²) in [6.45, 7) is 4.61. The number of anilines is 1. The fraction of sp³-hybridized carbons (Fsp3) is 0.360. The van der Waals surface area contributed by atoms with Crippen molar-refractivity contribution in [3.05, 3.63) is 57.4 Å². The van der Waals surface area contributed by atoms with Gasteiger partial charge >= 0.3 is 0 Å². The second-order valence-corrected chi connectivity index (χ2v) is 9.21. The summed E-state index contributed by atoms with van der Waals surface area (Å²) < 4.78 is 20.7. The summed E-state index contributed by atoms with van der Waals surface area (Å²) in [6.07, 6.45) is 5.13. The molecule has 0 saturated carbocycles. The largest absolute Gasteiger partial charge is 0.493 e. The third-order valence-corrected chi connectivity index (χ3v) is 6.85. The van der Waals surface area contributed by atoms with Crippen molar-refractivity contribution >= 4 is 22.9 Å². The van der Waals surface area contributed by atoms with Crippen LogP contribution in [0.2, 0.25) is 0 Å². The molecule has 4 rings (SSSR count). The standard InChI is InChI=1S/C25H27FN4O3S/c1-3-5-6-7-12-33-16-8-10-18(20(26)13-16)21-14-19(22-11-9-17(4-2)34-22)24(25(32)28-21)30-23(31)15-27-29-30/h8-11,13-14H,3-7,12,15H2,1-2H3,(H,28,32). The van der Waals surface area contributed by atoms with Crippen LogP contribution in [0.1, 0.15) is 44.4 Å². The summed E-state index contributed by atoms with van der Waals surface area (Å²) in [4.78, 5) is 30.0. The number of aromatic amines is 1. The number of carbonyl (C=O) groups is 1. The lowest BCUT2D eigenvalue weighted by atomic mass is 10.1. The van der Waals surface area contributed by atoms with Crippen molar-refractivity contribution in [1.29, 1.82) is 0 Å². The normalized spacial score (nSPS) is 13.1. The third-order valence-electron chi connectivity index (χ3n) is 5.59. The molecule has 1 aliphatic rings. The zero-order valence-corrected chi connectivity index (χ0v) is 20.1. The Morgan fingerprint density at radius 3 is 2.62 bits per heavy atom. The van der Waals surface area contributed by atoms with Gasteiger partial charge in [0.1, 0.15) is 23.8 Å². The average molecular weight is 483 g/mol. The average Bonchev–Trinajstić information content (AvgIpc) is 3.47. The number of thiophene rings is 1. The van der Waals surface area contributed by atoms with Crippen molar-refractivity contribution in [2.75, 3.05) is 18.2 Å². The number of amides is 1. The van der Waals surface area contributed by atoms with Crippen LogP contribution in [0.25, 0.3) is 21.7 Å². The number of nitrogens with one attached hydrogen (secondary N) is 1. The SMILES string of the molecule is CCCCCCOc1ccc(-c2cc(-c3ccc(CC)s3)c(N3N=NCC3=O)c(=O)[nH]2)c(F)c1. The van der Waals surface area contributed by atoms with Gasteiger partial charge in [0.25, 0.3) is 11.5 Å². The van der Waals surface area contributed by atoms with E-state index < -0.39 is 17.3 Å². The molecule has 3 heterocycles. The van der Waals surface area contributed by atoms with Crippen LogP contribution >= 0.6 is 11.3 Å². The number of unbranched alkanes of at least 4 members (excludes halogenated alkanes) is 3. The second kappa shape index (κ2) is 10.7. The third kappa shape index (κ3) is 5.09. The first-order valence-electron chi connectivity index (χ1n) is 11.5. The second-order valence-electron chi connectivity index (χ2n) is 8.04. The highest BCUT2D eigenvalue weighted by atomic mass is 32.1. The Labute approximate surface area is 201 Å². The molecule has 0 spiro atoms. The molecule has 1 N–H and O–H groups in total. The number of aryl methyl sites for hydroxylation is 1. The van der Waals surface area contributed by atoms with Gasteiger partial charge in [-0.05, 0) is 43.2 Å². The lowest BCUT2D eigenvalue weighted by Gasteiger charge is -2.15. The predicted octanol–water partition coefficient (Wildman–Crippen LogP) is 6.14. The summed E-state index contributed by atoms with van der Waals surface area (Å²) in [7, 11) is 0. The van der Waals surface area contributed by atoms with E-state index in [1.807, 2.05) is 19.1 Å². The van der Waals surface area contributed by atoms with Crippen LogP contribution in [0.15, 0.2) is 51.5 Å². The van der Waals surface area contributed by atoms with Gasteiger partial charge in [0.2, 0.25) is 0 Å². The number of benzene rings is 1. The first-order valence-corrected chi connectivity index (χ1v) is 12.3. The quantitative estimate of drug-likeness (QED) is 0.352. The molecule has 0 bridgehead atoms. The van der Waals surface area contributed by atoms with Crippen molar-refractivity contribution < 1.29 is 13.9 Å². The van der Waals surface area contributed by atoms with Gasteiger partial charge < -0.3 is 9.72 Å². The highest BCUT2D eigenvalue weighted by molar-refractivity contribution is 7.15. The van der Waals surface area contributed by atoms with Crippen molar-refractivity contribution in [1.82, 2.24) is 4.98 Å². The van der Waals surface area contributed by atoms with Gasteiger partial charge in [-0.2, -0.15) is 10.1 Å². The maximum atomic E-state index is 15.1. The van der Waals surface area contributed by atoms with Gasteiger partial charge in [0, 0.05) is 26.9 Å². The van der Waals surface area contributed by atoms with Gasteiger partial charge in [0.05, 0.1) is 12.3 Å². The fourth-order valence-electron chi connectivity index (χ4n) is 3.77.